The van der Waals surface area contributed by atoms with Crippen LogP contribution < -0.4 is 5.43 Å². The van der Waals surface area contributed by atoms with Crippen LogP contribution in [0.5, 0.6) is 5.75 Å². The Morgan fingerprint density at radius 1 is 1.04 bits per heavy atom. The van der Waals surface area contributed by atoms with Crippen LogP contribution in [0, 0.1) is 23.2 Å². The first-order valence-electron chi connectivity index (χ1n) is 9.67. The molecule has 1 amide bonds. The Kier molecular flexibility index (Phi) is 3.56. The summed E-state index contributed by atoms with van der Waals surface area (Å²) in [4.78, 5) is 12.9. The second-order valence-electron chi connectivity index (χ2n) is 8.62. The zero-order valence-corrected chi connectivity index (χ0v) is 14.8. The zero-order chi connectivity index (χ0) is 17.7. The number of benzene rings is 2. The van der Waals surface area contributed by atoms with Crippen molar-refractivity contribution >= 4 is 22.9 Å². The average Bonchev–Trinajstić information content (AvgIpc) is 2.62. The van der Waals surface area contributed by atoms with E-state index in [9.17, 15) is 9.90 Å². The Morgan fingerprint density at radius 3 is 2.38 bits per heavy atom. The number of hydrogen-bond donors (Lipinski definition) is 2. The van der Waals surface area contributed by atoms with Gasteiger partial charge in [-0.1, -0.05) is 30.3 Å². The molecular weight excluding hydrogens is 324 g/mol. The van der Waals surface area contributed by atoms with Gasteiger partial charge < -0.3 is 5.11 Å². The van der Waals surface area contributed by atoms with Crippen molar-refractivity contribution in [3.05, 3.63) is 42.0 Å². The summed E-state index contributed by atoms with van der Waals surface area (Å²) in [6.07, 6.45) is 8.62. The molecule has 2 N–H and O–H groups in total. The summed E-state index contributed by atoms with van der Waals surface area (Å²) in [6, 6.07) is 11.4. The highest BCUT2D eigenvalue weighted by Crippen LogP contribution is 2.60. The predicted molar refractivity (Wildman–Crippen MR) is 102 cm³/mol. The second kappa shape index (κ2) is 5.83. The predicted octanol–water partition coefficient (Wildman–Crippen LogP) is 4.21. The molecule has 4 nitrogen and oxygen atoms in total. The maximum Gasteiger partial charge on any atom is 0.246 e. The van der Waals surface area contributed by atoms with Gasteiger partial charge in [0.05, 0.1) is 11.6 Å². The van der Waals surface area contributed by atoms with E-state index >= 15 is 0 Å². The molecule has 0 radical (unpaired) electrons. The van der Waals surface area contributed by atoms with Gasteiger partial charge >= 0.3 is 0 Å². The Morgan fingerprint density at radius 2 is 1.69 bits per heavy atom. The molecule has 6 rings (SSSR count). The number of carbonyl (C=O) groups excluding carboxylic acids is 1. The molecule has 2 aromatic carbocycles. The van der Waals surface area contributed by atoms with E-state index in [4.69, 9.17) is 0 Å². The van der Waals surface area contributed by atoms with Crippen molar-refractivity contribution in [3.63, 3.8) is 0 Å². The van der Waals surface area contributed by atoms with Crippen molar-refractivity contribution in [2.24, 2.45) is 28.3 Å². The van der Waals surface area contributed by atoms with Gasteiger partial charge in [-0.2, -0.15) is 5.10 Å². The smallest absolute Gasteiger partial charge is 0.246 e. The molecule has 26 heavy (non-hydrogen) atoms. The molecule has 134 valence electrons. The summed E-state index contributed by atoms with van der Waals surface area (Å²) in [5.74, 6) is 2.46. The van der Waals surface area contributed by atoms with E-state index in [1.54, 1.807) is 12.3 Å². The number of phenols is 1. The molecule has 0 heterocycles. The lowest BCUT2D eigenvalue weighted by molar-refractivity contribution is -0.146. The highest BCUT2D eigenvalue weighted by molar-refractivity contribution is 6.02. The quantitative estimate of drug-likeness (QED) is 0.645. The normalized spacial score (nSPS) is 32.4. The molecule has 4 aliphatic carbocycles. The monoisotopic (exact) mass is 348 g/mol. The molecule has 2 aromatic rings. The molecule has 0 atom stereocenters. The number of nitrogens with zero attached hydrogens (tertiary/aromatic N) is 1. The lowest BCUT2D eigenvalue weighted by Gasteiger charge is -2.55. The van der Waals surface area contributed by atoms with Crippen LogP contribution in [0.2, 0.25) is 0 Å². The average molecular weight is 348 g/mol. The summed E-state index contributed by atoms with van der Waals surface area (Å²) in [6.45, 7) is 0. The standard InChI is InChI=1S/C22H24N2O2/c25-20-6-5-17-3-1-2-4-18(17)19(20)13-23-24-21(26)22-10-14-7-15(11-22)9-16(8-14)12-22/h1-6,13-16,25H,7-12H2,(H,24,26). The number of phenolic OH excluding ortho intramolecular Hbond substituents is 1. The number of fused-ring (bicyclic) bond motifs is 1. The van der Waals surface area contributed by atoms with Crippen molar-refractivity contribution in [2.75, 3.05) is 0 Å². The molecule has 4 aliphatic rings. The maximum absolute atomic E-state index is 12.9. The molecule has 0 aliphatic heterocycles. The van der Waals surface area contributed by atoms with Crippen LogP contribution in [0.25, 0.3) is 10.8 Å². The Balaban J connectivity index is 1.37. The third-order valence-corrected chi connectivity index (χ3v) is 6.83. The van der Waals surface area contributed by atoms with Gasteiger partial charge in [0.1, 0.15) is 5.75 Å². The minimum Gasteiger partial charge on any atom is -0.507 e. The fourth-order valence-corrected chi connectivity index (χ4v) is 6.08. The Labute approximate surface area is 153 Å². The molecular formula is C22H24N2O2. The van der Waals surface area contributed by atoms with Crippen LogP contribution in [0.3, 0.4) is 0 Å². The number of nitrogens with one attached hydrogen (secondary N) is 1. The molecule has 0 spiro atoms. The first-order valence-corrected chi connectivity index (χ1v) is 9.67. The first-order chi connectivity index (χ1) is 12.6. The van der Waals surface area contributed by atoms with E-state index < -0.39 is 0 Å². The molecule has 4 saturated carbocycles. The maximum atomic E-state index is 12.9. The van der Waals surface area contributed by atoms with Crippen molar-refractivity contribution in [1.82, 2.24) is 5.43 Å². The highest BCUT2D eigenvalue weighted by Gasteiger charge is 2.54. The van der Waals surface area contributed by atoms with Crippen molar-refractivity contribution in [1.29, 1.82) is 0 Å². The largest absolute Gasteiger partial charge is 0.507 e. The van der Waals surface area contributed by atoms with E-state index in [-0.39, 0.29) is 17.1 Å². The molecule has 0 aromatic heterocycles. The molecule has 4 heteroatoms. The van der Waals surface area contributed by atoms with E-state index in [1.807, 2.05) is 30.3 Å². The second-order valence-corrected chi connectivity index (χ2v) is 8.62. The molecule has 4 fully saturated rings. The lowest BCUT2D eigenvalue weighted by Crippen LogP contribution is -2.52. The third-order valence-electron chi connectivity index (χ3n) is 6.83. The fourth-order valence-electron chi connectivity index (χ4n) is 6.08. The van der Waals surface area contributed by atoms with Gasteiger partial charge in [0.15, 0.2) is 0 Å². The summed E-state index contributed by atoms with van der Waals surface area (Å²) >= 11 is 0. The topological polar surface area (TPSA) is 61.7 Å². The SMILES string of the molecule is O=C(NN=Cc1c(O)ccc2ccccc12)C12CC3CC(CC(C3)C1)C2. The van der Waals surface area contributed by atoms with Gasteiger partial charge in [-0.15, -0.1) is 0 Å². The number of aromatic hydroxyl groups is 1. The highest BCUT2D eigenvalue weighted by atomic mass is 16.3. The minimum atomic E-state index is -0.201. The van der Waals surface area contributed by atoms with E-state index in [0.717, 1.165) is 47.8 Å². The summed E-state index contributed by atoms with van der Waals surface area (Å²) in [7, 11) is 0. The Hall–Kier alpha value is -2.36. The van der Waals surface area contributed by atoms with Crippen LogP contribution in [-0.4, -0.2) is 17.2 Å². The lowest BCUT2D eigenvalue weighted by atomic mass is 9.49. The summed E-state index contributed by atoms with van der Waals surface area (Å²) < 4.78 is 0. The van der Waals surface area contributed by atoms with Gasteiger partial charge in [0.2, 0.25) is 5.91 Å². The van der Waals surface area contributed by atoms with Gasteiger partial charge in [-0.05, 0) is 73.1 Å². The zero-order valence-electron chi connectivity index (χ0n) is 14.8. The first kappa shape index (κ1) is 15.9. The van der Waals surface area contributed by atoms with Crippen LogP contribution in [-0.2, 0) is 4.79 Å². The summed E-state index contributed by atoms with van der Waals surface area (Å²) in [5, 5.41) is 16.4. The van der Waals surface area contributed by atoms with E-state index in [2.05, 4.69) is 10.5 Å². The molecule has 4 bridgehead atoms. The number of carbonyl (C=O) groups is 1. The minimum absolute atomic E-state index is 0.0765. The van der Waals surface area contributed by atoms with Crippen LogP contribution in [0.4, 0.5) is 0 Å². The van der Waals surface area contributed by atoms with Crippen LogP contribution >= 0.6 is 0 Å². The number of amides is 1. The van der Waals surface area contributed by atoms with Crippen molar-refractivity contribution in [2.45, 2.75) is 38.5 Å². The summed E-state index contributed by atoms with van der Waals surface area (Å²) in [5.41, 5.74) is 3.25. The van der Waals surface area contributed by atoms with Gasteiger partial charge in [0.25, 0.3) is 0 Å². The molecule has 0 unspecified atom stereocenters. The van der Waals surface area contributed by atoms with Crippen LogP contribution in [0.15, 0.2) is 41.5 Å². The number of hydrazone groups is 1. The van der Waals surface area contributed by atoms with E-state index in [1.165, 1.54) is 19.3 Å². The van der Waals surface area contributed by atoms with Gasteiger partial charge in [0, 0.05) is 5.56 Å². The van der Waals surface area contributed by atoms with E-state index in [0.29, 0.717) is 5.56 Å². The number of rotatable bonds is 3. The third kappa shape index (κ3) is 2.51. The fraction of sp³-hybridized carbons (Fsp3) is 0.455. The molecule has 0 saturated heterocycles. The number of hydrogen-bond acceptors (Lipinski definition) is 3. The Bertz CT molecular complexity index is 867. The van der Waals surface area contributed by atoms with Crippen molar-refractivity contribution < 1.29 is 9.90 Å². The van der Waals surface area contributed by atoms with Gasteiger partial charge in [-0.25, -0.2) is 5.43 Å². The van der Waals surface area contributed by atoms with Gasteiger partial charge in [-0.3, -0.25) is 4.79 Å². The van der Waals surface area contributed by atoms with Crippen LogP contribution in [0.1, 0.15) is 44.1 Å². The van der Waals surface area contributed by atoms with Crippen molar-refractivity contribution in [3.8, 4) is 5.75 Å².